The van der Waals surface area contributed by atoms with Gasteiger partial charge in [0.15, 0.2) is 0 Å². The number of ether oxygens (including phenoxy) is 1. The van der Waals surface area contributed by atoms with Crippen molar-refractivity contribution in [2.45, 2.75) is 43.1 Å². The Hall–Kier alpha value is -0.702. The van der Waals surface area contributed by atoms with E-state index >= 15 is 0 Å². The van der Waals surface area contributed by atoms with Crippen LogP contribution in [0.2, 0.25) is 9.73 Å². The van der Waals surface area contributed by atoms with Crippen LogP contribution >= 0.6 is 11.6 Å². The number of hydrogen-bond donors (Lipinski definition) is 1. The summed E-state index contributed by atoms with van der Waals surface area (Å²) in [5.41, 5.74) is -0.562. The van der Waals surface area contributed by atoms with Crippen molar-refractivity contribution < 1.29 is 14.6 Å². The normalized spacial score (nSPS) is 25.9. The second-order valence-corrected chi connectivity index (χ2v) is 8.84. The molecular formula is C16H23AsClNO3. The minimum atomic E-state index is -0.914. The first-order valence-corrected chi connectivity index (χ1v) is 9.11. The Kier molecular flexibility index (Phi) is 5.16. The molecule has 3 atom stereocenters. The molecule has 1 aromatic rings. The van der Waals surface area contributed by atoms with Crippen molar-refractivity contribution in [2.75, 3.05) is 13.1 Å². The number of likely N-dealkylation sites (tertiary alicyclic amines) is 1. The van der Waals surface area contributed by atoms with Crippen LogP contribution in [0.15, 0.2) is 24.3 Å². The Morgan fingerprint density at radius 3 is 2.50 bits per heavy atom. The van der Waals surface area contributed by atoms with Gasteiger partial charge in [0.25, 0.3) is 0 Å². The predicted octanol–water partition coefficient (Wildman–Crippen LogP) is 2.59. The molecule has 0 saturated carbocycles. The third kappa shape index (κ3) is 3.98. The van der Waals surface area contributed by atoms with E-state index in [0.29, 0.717) is 24.5 Å². The molecule has 0 spiro atoms. The van der Waals surface area contributed by atoms with Crippen LogP contribution in [0.4, 0.5) is 4.79 Å². The summed E-state index contributed by atoms with van der Waals surface area (Å²) < 4.78 is 5.38. The van der Waals surface area contributed by atoms with Gasteiger partial charge in [0.2, 0.25) is 0 Å². The molecule has 1 saturated heterocycles. The van der Waals surface area contributed by atoms with Gasteiger partial charge in [-0.2, -0.15) is 0 Å². The van der Waals surface area contributed by atoms with Gasteiger partial charge in [-0.15, -0.1) is 0 Å². The number of carbonyl (C=O) groups excluding carboxylic acids is 1. The molecule has 3 unspecified atom stereocenters. The number of carbonyl (C=O) groups is 1. The molecule has 2 rings (SSSR count). The van der Waals surface area contributed by atoms with Gasteiger partial charge in [0, 0.05) is 0 Å². The fourth-order valence-corrected chi connectivity index (χ4v) is 3.97. The van der Waals surface area contributed by atoms with Crippen LogP contribution in [0.25, 0.3) is 0 Å². The van der Waals surface area contributed by atoms with E-state index < -0.39 is 11.2 Å². The fourth-order valence-electron chi connectivity index (χ4n) is 2.56. The topological polar surface area (TPSA) is 49.8 Å². The van der Waals surface area contributed by atoms with Gasteiger partial charge in [0.05, 0.1) is 0 Å². The summed E-state index contributed by atoms with van der Waals surface area (Å²) in [5, 5.41) is 11.7. The number of aliphatic hydroxyl groups is 1. The molecule has 0 bridgehead atoms. The Labute approximate surface area is 145 Å². The molecule has 1 aromatic carbocycles. The van der Waals surface area contributed by atoms with Crippen molar-refractivity contribution in [2.24, 2.45) is 0 Å². The number of hydrogen-bond acceptors (Lipinski definition) is 3. The molecule has 22 heavy (non-hydrogen) atoms. The van der Waals surface area contributed by atoms with E-state index in [-0.39, 0.29) is 10.8 Å². The SMILES string of the molecule is CC(C)(C)OC(=O)N1CCC(O)(c2ccc(Cl)cc2)C([AsH2])C1. The van der Waals surface area contributed by atoms with Gasteiger partial charge in [-0.25, -0.2) is 0 Å². The Morgan fingerprint density at radius 1 is 1.41 bits per heavy atom. The van der Waals surface area contributed by atoms with Crippen molar-refractivity contribution in [3.05, 3.63) is 34.9 Å². The molecule has 1 amide bonds. The average Bonchev–Trinajstić information content (AvgIpc) is 2.40. The maximum absolute atomic E-state index is 12.2. The molecule has 1 aliphatic heterocycles. The summed E-state index contributed by atoms with van der Waals surface area (Å²) in [6, 6.07) is 7.29. The Morgan fingerprint density at radius 2 is 2.00 bits per heavy atom. The van der Waals surface area contributed by atoms with Crippen molar-refractivity contribution in [3.63, 3.8) is 0 Å². The van der Waals surface area contributed by atoms with Crippen molar-refractivity contribution >= 4 is 34.5 Å². The van der Waals surface area contributed by atoms with E-state index in [1.807, 2.05) is 32.9 Å². The minimum absolute atomic E-state index is 0.0255. The predicted molar refractivity (Wildman–Crippen MR) is 90.1 cm³/mol. The van der Waals surface area contributed by atoms with Gasteiger partial charge in [-0.1, -0.05) is 0 Å². The number of nitrogens with zero attached hydrogens (tertiary/aromatic N) is 1. The molecule has 1 fully saturated rings. The zero-order valence-electron chi connectivity index (χ0n) is 13.2. The Bertz CT molecular complexity index is 543. The molecule has 0 aromatic heterocycles. The van der Waals surface area contributed by atoms with E-state index in [1.54, 1.807) is 17.0 Å². The molecule has 0 radical (unpaired) electrons. The summed E-state index contributed by atoms with van der Waals surface area (Å²) in [4.78, 5) is 13.8. The first-order valence-electron chi connectivity index (χ1n) is 7.34. The van der Waals surface area contributed by atoms with Crippen LogP contribution in [-0.4, -0.2) is 51.6 Å². The number of piperidine rings is 1. The summed E-state index contributed by atoms with van der Waals surface area (Å²) >= 11 is 7.34. The first-order chi connectivity index (χ1) is 10.1. The monoisotopic (exact) mass is 387 g/mol. The second-order valence-electron chi connectivity index (χ2n) is 6.71. The van der Waals surface area contributed by atoms with Crippen LogP contribution in [0.3, 0.4) is 0 Å². The number of amides is 1. The molecule has 122 valence electrons. The van der Waals surface area contributed by atoms with Crippen LogP contribution in [0.5, 0.6) is 0 Å². The van der Waals surface area contributed by atoms with Gasteiger partial charge < -0.3 is 0 Å². The van der Waals surface area contributed by atoms with Crippen molar-refractivity contribution in [3.8, 4) is 0 Å². The summed E-state index contributed by atoms with van der Waals surface area (Å²) in [5.74, 6) is 0. The molecule has 4 nitrogen and oxygen atoms in total. The molecule has 1 aliphatic rings. The van der Waals surface area contributed by atoms with Crippen LogP contribution in [-0.2, 0) is 10.3 Å². The quantitative estimate of drug-likeness (QED) is 0.754. The van der Waals surface area contributed by atoms with E-state index in [9.17, 15) is 9.90 Å². The average molecular weight is 388 g/mol. The summed E-state index contributed by atoms with van der Waals surface area (Å²) in [6.07, 6.45) is 0.185. The fraction of sp³-hybridized carbons (Fsp3) is 0.562. The Balaban J connectivity index is 2.09. The van der Waals surface area contributed by atoms with Gasteiger partial charge in [-0.05, 0) is 0 Å². The number of rotatable bonds is 1. The van der Waals surface area contributed by atoms with E-state index in [0.717, 1.165) is 5.56 Å². The van der Waals surface area contributed by atoms with Gasteiger partial charge in [0.1, 0.15) is 0 Å². The van der Waals surface area contributed by atoms with Crippen molar-refractivity contribution in [1.29, 1.82) is 0 Å². The first kappa shape index (κ1) is 17.6. The van der Waals surface area contributed by atoms with Crippen LogP contribution < -0.4 is 0 Å². The van der Waals surface area contributed by atoms with Crippen LogP contribution in [0, 0.1) is 0 Å². The van der Waals surface area contributed by atoms with Gasteiger partial charge in [-0.3, -0.25) is 0 Å². The zero-order valence-corrected chi connectivity index (χ0v) is 16.4. The second kappa shape index (κ2) is 6.43. The molecule has 6 heteroatoms. The van der Waals surface area contributed by atoms with E-state index in [4.69, 9.17) is 16.3 Å². The summed E-state index contributed by atoms with van der Waals surface area (Å²) in [6.45, 7) is 6.54. The molecule has 1 N–H and O–H groups in total. The van der Waals surface area contributed by atoms with Crippen LogP contribution in [0.1, 0.15) is 32.8 Å². The third-order valence-electron chi connectivity index (χ3n) is 3.79. The van der Waals surface area contributed by atoms with Crippen molar-refractivity contribution in [1.82, 2.24) is 4.90 Å². The molecule has 0 aliphatic carbocycles. The number of benzene rings is 1. The molecule has 1 heterocycles. The maximum atomic E-state index is 12.2. The van der Waals surface area contributed by atoms with E-state index in [2.05, 4.69) is 0 Å². The molecular weight excluding hydrogens is 365 g/mol. The standard InChI is InChI=1S/C16H23AsClNO3/c1-15(2,3)22-14(20)19-9-8-16(21,13(17)10-19)11-4-6-12(18)7-5-11/h4-7,13,21H,8-10,17H2,1-3H3. The number of halogens is 1. The zero-order chi connectivity index (χ0) is 16.5. The van der Waals surface area contributed by atoms with E-state index in [1.165, 1.54) is 16.9 Å². The van der Waals surface area contributed by atoms with Gasteiger partial charge >= 0.3 is 145 Å². The summed E-state index contributed by atoms with van der Waals surface area (Å²) in [7, 11) is 0. The third-order valence-corrected chi connectivity index (χ3v) is 5.64.